The number of rotatable bonds is 5. The standard InChI is InChI=1S/C17H21F3O7S2/c1-9-13(27-29(21,22)17(18,19)20)14-12(25-16(9)28-3)8-24-15(26-14)10-4-6-11(23-2)7-5-10/h4-7,9,12-16H,8H2,1-3H3/t9?,12?,13-,14+,15?,16+/m1/s1. The van der Waals surface area contributed by atoms with E-state index in [1.165, 1.54) is 18.9 Å². The molecule has 2 aliphatic rings. The molecule has 1 aromatic rings. The third-order valence-electron chi connectivity index (χ3n) is 4.78. The number of hydrogen-bond donors (Lipinski definition) is 0. The second-order valence-electron chi connectivity index (χ2n) is 6.64. The molecule has 2 fully saturated rings. The lowest BCUT2D eigenvalue weighted by Crippen LogP contribution is -2.59. The average Bonchev–Trinajstić information content (AvgIpc) is 2.68. The van der Waals surface area contributed by atoms with E-state index in [0.717, 1.165) is 0 Å². The van der Waals surface area contributed by atoms with Crippen LogP contribution in [0, 0.1) is 5.92 Å². The molecule has 0 amide bonds. The Hall–Kier alpha value is -1.05. The monoisotopic (exact) mass is 458 g/mol. The fourth-order valence-corrected chi connectivity index (χ4v) is 4.78. The lowest BCUT2D eigenvalue weighted by Gasteiger charge is -2.48. The van der Waals surface area contributed by atoms with Crippen molar-refractivity contribution in [2.24, 2.45) is 5.92 Å². The van der Waals surface area contributed by atoms with Crippen LogP contribution in [0.4, 0.5) is 13.2 Å². The van der Waals surface area contributed by atoms with Gasteiger partial charge in [-0.2, -0.15) is 21.6 Å². The lowest BCUT2D eigenvalue weighted by molar-refractivity contribution is -0.308. The maximum absolute atomic E-state index is 12.9. The van der Waals surface area contributed by atoms with Crippen LogP contribution in [0.3, 0.4) is 0 Å². The quantitative estimate of drug-likeness (QED) is 0.492. The molecule has 0 aromatic heterocycles. The molecular weight excluding hydrogens is 437 g/mol. The number of alkyl halides is 3. The van der Waals surface area contributed by atoms with Crippen LogP contribution in [-0.2, 0) is 28.5 Å². The molecule has 0 radical (unpaired) electrons. The fourth-order valence-electron chi connectivity index (χ4n) is 3.25. The van der Waals surface area contributed by atoms with Gasteiger partial charge in [-0.3, -0.25) is 4.18 Å². The molecule has 0 aliphatic carbocycles. The molecule has 6 atom stereocenters. The normalized spacial score (nSPS) is 33.2. The smallest absolute Gasteiger partial charge is 0.497 e. The van der Waals surface area contributed by atoms with Gasteiger partial charge in [-0.15, -0.1) is 11.8 Å². The molecule has 7 nitrogen and oxygen atoms in total. The highest BCUT2D eigenvalue weighted by Gasteiger charge is 2.55. The van der Waals surface area contributed by atoms with Gasteiger partial charge < -0.3 is 18.9 Å². The van der Waals surface area contributed by atoms with E-state index < -0.39 is 51.6 Å². The van der Waals surface area contributed by atoms with Gasteiger partial charge in [0.2, 0.25) is 0 Å². The van der Waals surface area contributed by atoms with E-state index in [0.29, 0.717) is 11.3 Å². The van der Waals surface area contributed by atoms with Crippen LogP contribution >= 0.6 is 11.8 Å². The molecule has 164 valence electrons. The van der Waals surface area contributed by atoms with Gasteiger partial charge in [-0.1, -0.05) is 19.1 Å². The molecule has 2 aliphatic heterocycles. The maximum Gasteiger partial charge on any atom is 0.523 e. The number of methoxy groups -OCH3 is 1. The number of thioether (sulfide) groups is 1. The minimum absolute atomic E-state index is 0.0110. The first-order valence-corrected chi connectivity index (χ1v) is 11.4. The van der Waals surface area contributed by atoms with Crippen LogP contribution in [0.15, 0.2) is 24.3 Å². The minimum atomic E-state index is -5.81. The van der Waals surface area contributed by atoms with Gasteiger partial charge in [-0.25, -0.2) is 0 Å². The van der Waals surface area contributed by atoms with E-state index in [2.05, 4.69) is 4.18 Å². The van der Waals surface area contributed by atoms with Gasteiger partial charge >= 0.3 is 15.6 Å². The van der Waals surface area contributed by atoms with Crippen LogP contribution < -0.4 is 4.74 Å². The molecule has 0 N–H and O–H groups in total. The molecule has 1 aromatic carbocycles. The van der Waals surface area contributed by atoms with E-state index in [1.54, 1.807) is 37.4 Å². The summed E-state index contributed by atoms with van der Waals surface area (Å²) >= 11 is 1.24. The number of hydrogen-bond acceptors (Lipinski definition) is 8. The maximum atomic E-state index is 12.9. The van der Waals surface area contributed by atoms with Gasteiger partial charge in [0.25, 0.3) is 0 Å². The Kier molecular flexibility index (Phi) is 6.71. The Balaban J connectivity index is 1.86. The van der Waals surface area contributed by atoms with Crippen molar-refractivity contribution in [3.05, 3.63) is 29.8 Å². The zero-order valence-corrected chi connectivity index (χ0v) is 17.4. The third kappa shape index (κ3) is 4.67. The molecule has 0 saturated carbocycles. The number of halogens is 3. The molecular formula is C17H21F3O7S2. The summed E-state index contributed by atoms with van der Waals surface area (Å²) in [5.41, 5.74) is -5.51. The topological polar surface area (TPSA) is 80.3 Å². The van der Waals surface area contributed by atoms with Crippen molar-refractivity contribution in [1.82, 2.24) is 0 Å². The summed E-state index contributed by atoms with van der Waals surface area (Å²) in [6, 6.07) is 6.73. The first-order valence-electron chi connectivity index (χ1n) is 8.66. The van der Waals surface area contributed by atoms with Crippen LogP contribution in [0.5, 0.6) is 5.75 Å². The summed E-state index contributed by atoms with van der Waals surface area (Å²) < 4.78 is 89.1. The third-order valence-corrected chi connectivity index (χ3v) is 6.83. The molecule has 0 spiro atoms. The van der Waals surface area contributed by atoms with Gasteiger partial charge in [0.15, 0.2) is 6.29 Å². The van der Waals surface area contributed by atoms with Crippen molar-refractivity contribution in [2.75, 3.05) is 20.0 Å². The summed E-state index contributed by atoms with van der Waals surface area (Å²) in [5.74, 6) is -0.0738. The molecule has 12 heteroatoms. The highest BCUT2D eigenvalue weighted by atomic mass is 32.2. The highest BCUT2D eigenvalue weighted by molar-refractivity contribution is 7.99. The van der Waals surface area contributed by atoms with Crippen molar-refractivity contribution in [2.45, 2.75) is 42.5 Å². The SMILES string of the molecule is COc1ccc(C2OCC3O[C@@H](SC)C(C)[C@@H](OS(=O)(=O)C(F)(F)F)[C@H]3O2)cc1. The summed E-state index contributed by atoms with van der Waals surface area (Å²) in [7, 11) is -4.29. The Bertz CT molecular complexity index is 800. The predicted molar refractivity (Wildman–Crippen MR) is 97.7 cm³/mol. The number of ether oxygens (including phenoxy) is 4. The van der Waals surface area contributed by atoms with Gasteiger partial charge in [0.05, 0.1) is 13.7 Å². The largest absolute Gasteiger partial charge is 0.523 e. The predicted octanol–water partition coefficient (Wildman–Crippen LogP) is 3.07. The van der Waals surface area contributed by atoms with E-state index in [9.17, 15) is 21.6 Å². The van der Waals surface area contributed by atoms with Crippen LogP contribution in [0.25, 0.3) is 0 Å². The zero-order valence-electron chi connectivity index (χ0n) is 15.8. The Morgan fingerprint density at radius 2 is 1.83 bits per heavy atom. The number of fused-ring (bicyclic) bond motifs is 1. The zero-order chi connectivity index (χ0) is 21.4. The second kappa shape index (κ2) is 8.60. The first kappa shape index (κ1) is 22.6. The molecule has 3 rings (SSSR count). The van der Waals surface area contributed by atoms with Gasteiger partial charge in [-0.05, 0) is 18.4 Å². The van der Waals surface area contributed by atoms with Gasteiger partial charge in [0, 0.05) is 11.5 Å². The van der Waals surface area contributed by atoms with Crippen molar-refractivity contribution in [1.29, 1.82) is 0 Å². The summed E-state index contributed by atoms with van der Waals surface area (Å²) in [6.45, 7) is 1.58. The van der Waals surface area contributed by atoms with Crippen molar-refractivity contribution in [3.8, 4) is 5.75 Å². The molecule has 2 heterocycles. The van der Waals surface area contributed by atoms with E-state index >= 15 is 0 Å². The van der Waals surface area contributed by atoms with E-state index in [1.807, 2.05) is 0 Å². The molecule has 2 saturated heterocycles. The fraction of sp³-hybridized carbons (Fsp3) is 0.647. The second-order valence-corrected chi connectivity index (χ2v) is 9.14. The van der Waals surface area contributed by atoms with E-state index in [-0.39, 0.29) is 6.61 Å². The Morgan fingerprint density at radius 3 is 2.38 bits per heavy atom. The van der Waals surface area contributed by atoms with Crippen molar-refractivity contribution in [3.63, 3.8) is 0 Å². The van der Waals surface area contributed by atoms with Crippen molar-refractivity contribution >= 4 is 21.9 Å². The Labute approximate surface area is 170 Å². The Morgan fingerprint density at radius 1 is 1.17 bits per heavy atom. The van der Waals surface area contributed by atoms with Crippen LogP contribution in [0.2, 0.25) is 0 Å². The van der Waals surface area contributed by atoms with E-state index in [4.69, 9.17) is 18.9 Å². The van der Waals surface area contributed by atoms with Crippen LogP contribution in [-0.4, -0.2) is 57.6 Å². The summed E-state index contributed by atoms with van der Waals surface area (Å²) in [6.07, 6.45) is -2.43. The highest BCUT2D eigenvalue weighted by Crippen LogP contribution is 2.42. The molecule has 0 bridgehead atoms. The average molecular weight is 458 g/mol. The van der Waals surface area contributed by atoms with Crippen LogP contribution in [0.1, 0.15) is 18.8 Å². The first-order chi connectivity index (χ1) is 13.6. The van der Waals surface area contributed by atoms with Crippen molar-refractivity contribution < 1.29 is 44.7 Å². The van der Waals surface area contributed by atoms with Gasteiger partial charge in [0.1, 0.15) is 29.5 Å². The molecule has 3 unspecified atom stereocenters. The molecule has 29 heavy (non-hydrogen) atoms. The minimum Gasteiger partial charge on any atom is -0.497 e. The summed E-state index contributed by atoms with van der Waals surface area (Å²) in [5, 5.41) is 0. The number of benzene rings is 1. The lowest BCUT2D eigenvalue weighted by atomic mass is 9.93. The summed E-state index contributed by atoms with van der Waals surface area (Å²) in [4.78, 5) is 0.